The Hall–Kier alpha value is -2.36. The first-order valence-corrected chi connectivity index (χ1v) is 9.24. The zero-order valence-electron chi connectivity index (χ0n) is 15.9. The number of likely N-dealkylation sites (N-methyl/N-ethyl adjacent to an activating group) is 1. The maximum absolute atomic E-state index is 13.4. The first-order valence-electron chi connectivity index (χ1n) is 9.24. The Labute approximate surface area is 162 Å². The molecule has 0 aliphatic carbocycles. The van der Waals surface area contributed by atoms with Gasteiger partial charge in [0, 0.05) is 44.0 Å². The van der Waals surface area contributed by atoms with Crippen LogP contribution in [0, 0.1) is 5.82 Å². The predicted molar refractivity (Wildman–Crippen MR) is 99.1 cm³/mol. The second-order valence-electron chi connectivity index (χ2n) is 7.09. The van der Waals surface area contributed by atoms with Crippen LogP contribution in [0.1, 0.15) is 18.7 Å². The molecule has 28 heavy (non-hydrogen) atoms. The zero-order valence-corrected chi connectivity index (χ0v) is 15.9. The molecule has 2 saturated heterocycles. The van der Waals surface area contributed by atoms with Crippen LogP contribution in [-0.2, 0) is 16.1 Å². The molecule has 2 aliphatic heterocycles. The lowest BCUT2D eigenvalue weighted by molar-refractivity contribution is -0.122. The van der Waals surface area contributed by atoms with Gasteiger partial charge in [-0.2, -0.15) is 0 Å². The van der Waals surface area contributed by atoms with Gasteiger partial charge in [-0.25, -0.2) is 4.39 Å². The largest absolute Gasteiger partial charge is 0.483 e. The molecule has 0 amide bonds. The fourth-order valence-electron chi connectivity index (χ4n) is 3.82. The lowest BCUT2D eigenvalue weighted by Crippen LogP contribution is -2.62. The third-order valence-corrected chi connectivity index (χ3v) is 5.40. The van der Waals surface area contributed by atoms with Crippen LogP contribution in [0.15, 0.2) is 28.7 Å². The molecular formula is C19H25FN4O4. The SMILES string of the molecule is CN1CCN(Cc2nnc(-c3cccc(F)c3)o2)CC12CCOCC2.O=CO. The monoisotopic (exact) mass is 392 g/mol. The molecule has 9 heteroatoms. The topological polar surface area (TPSA) is 91.9 Å². The number of rotatable bonds is 3. The maximum atomic E-state index is 13.4. The zero-order chi connectivity index (χ0) is 20.0. The number of hydrogen-bond acceptors (Lipinski definition) is 7. The highest BCUT2D eigenvalue weighted by atomic mass is 19.1. The number of hydrogen-bond donors (Lipinski definition) is 1. The van der Waals surface area contributed by atoms with Crippen LogP contribution in [0.5, 0.6) is 0 Å². The number of ether oxygens (including phenoxy) is 1. The minimum absolute atomic E-state index is 0.182. The lowest BCUT2D eigenvalue weighted by Gasteiger charge is -2.51. The van der Waals surface area contributed by atoms with Crippen molar-refractivity contribution in [2.75, 3.05) is 39.9 Å². The summed E-state index contributed by atoms with van der Waals surface area (Å²) < 4.78 is 24.7. The molecule has 0 radical (unpaired) electrons. The van der Waals surface area contributed by atoms with Gasteiger partial charge in [-0.05, 0) is 38.1 Å². The van der Waals surface area contributed by atoms with Crippen molar-refractivity contribution in [2.24, 2.45) is 0 Å². The number of carbonyl (C=O) groups is 1. The normalized spacial score (nSPS) is 19.8. The molecule has 8 nitrogen and oxygen atoms in total. The van der Waals surface area contributed by atoms with Gasteiger partial charge in [0.1, 0.15) is 5.82 Å². The van der Waals surface area contributed by atoms with Crippen LogP contribution in [-0.4, -0.2) is 77.0 Å². The minimum atomic E-state index is -0.308. The van der Waals surface area contributed by atoms with E-state index in [-0.39, 0.29) is 17.8 Å². The van der Waals surface area contributed by atoms with E-state index in [1.165, 1.54) is 12.1 Å². The molecule has 3 heterocycles. The number of piperazine rings is 1. The fourth-order valence-corrected chi connectivity index (χ4v) is 3.82. The van der Waals surface area contributed by atoms with Gasteiger partial charge in [-0.15, -0.1) is 10.2 Å². The second-order valence-corrected chi connectivity index (χ2v) is 7.09. The molecular weight excluding hydrogens is 367 g/mol. The summed E-state index contributed by atoms with van der Waals surface area (Å²) in [5.74, 6) is 0.633. The summed E-state index contributed by atoms with van der Waals surface area (Å²) in [4.78, 5) is 13.2. The van der Waals surface area contributed by atoms with Gasteiger partial charge in [0.25, 0.3) is 6.47 Å². The Kier molecular flexibility index (Phi) is 6.71. The first kappa shape index (κ1) is 20.4. The van der Waals surface area contributed by atoms with E-state index >= 15 is 0 Å². The number of halogens is 1. The van der Waals surface area contributed by atoms with Crippen molar-refractivity contribution in [3.63, 3.8) is 0 Å². The summed E-state index contributed by atoms with van der Waals surface area (Å²) >= 11 is 0. The fraction of sp³-hybridized carbons (Fsp3) is 0.526. The summed E-state index contributed by atoms with van der Waals surface area (Å²) in [7, 11) is 2.21. The highest BCUT2D eigenvalue weighted by Crippen LogP contribution is 2.31. The molecule has 2 aromatic rings. The molecule has 4 rings (SSSR count). The van der Waals surface area contributed by atoms with Gasteiger partial charge in [-0.1, -0.05) is 6.07 Å². The van der Waals surface area contributed by atoms with E-state index in [0.29, 0.717) is 23.9 Å². The smallest absolute Gasteiger partial charge is 0.290 e. The summed E-state index contributed by atoms with van der Waals surface area (Å²) in [5, 5.41) is 15.1. The van der Waals surface area contributed by atoms with Gasteiger partial charge in [0.05, 0.1) is 6.54 Å². The van der Waals surface area contributed by atoms with Crippen LogP contribution in [0.25, 0.3) is 11.5 Å². The van der Waals surface area contributed by atoms with Crippen LogP contribution < -0.4 is 0 Å². The third-order valence-electron chi connectivity index (χ3n) is 5.40. The van der Waals surface area contributed by atoms with Crippen LogP contribution in [0.3, 0.4) is 0 Å². The van der Waals surface area contributed by atoms with Crippen molar-refractivity contribution in [3.05, 3.63) is 36.0 Å². The van der Waals surface area contributed by atoms with E-state index < -0.39 is 0 Å². The Bertz CT molecular complexity index is 779. The van der Waals surface area contributed by atoms with Crippen molar-refractivity contribution < 1.29 is 23.4 Å². The molecule has 0 bridgehead atoms. The Morgan fingerprint density at radius 3 is 2.75 bits per heavy atom. The Morgan fingerprint density at radius 2 is 2.04 bits per heavy atom. The molecule has 1 N–H and O–H groups in total. The van der Waals surface area contributed by atoms with Crippen LogP contribution in [0.2, 0.25) is 0 Å². The number of aromatic nitrogens is 2. The van der Waals surface area contributed by atoms with Crippen LogP contribution >= 0.6 is 0 Å². The molecule has 152 valence electrons. The number of carboxylic acid groups (broad SMARTS) is 1. The second kappa shape index (κ2) is 9.22. The predicted octanol–water partition coefficient (Wildman–Crippen LogP) is 1.87. The van der Waals surface area contributed by atoms with Gasteiger partial charge >= 0.3 is 0 Å². The Morgan fingerprint density at radius 1 is 1.29 bits per heavy atom. The number of benzene rings is 1. The van der Waals surface area contributed by atoms with E-state index in [1.807, 2.05) is 0 Å². The van der Waals surface area contributed by atoms with Gasteiger partial charge in [0.15, 0.2) is 0 Å². The third kappa shape index (κ3) is 4.73. The Balaban J connectivity index is 0.000000706. The molecule has 2 aliphatic rings. The number of nitrogens with zero attached hydrogens (tertiary/aromatic N) is 4. The highest BCUT2D eigenvalue weighted by molar-refractivity contribution is 5.52. The van der Waals surface area contributed by atoms with Crippen LogP contribution in [0.4, 0.5) is 4.39 Å². The molecule has 2 fully saturated rings. The van der Waals surface area contributed by atoms with E-state index in [0.717, 1.165) is 45.7 Å². The van der Waals surface area contributed by atoms with Crippen molar-refractivity contribution in [1.82, 2.24) is 20.0 Å². The van der Waals surface area contributed by atoms with Gasteiger partial charge in [-0.3, -0.25) is 14.6 Å². The maximum Gasteiger partial charge on any atom is 0.290 e. The summed E-state index contributed by atoms with van der Waals surface area (Å²) in [5.41, 5.74) is 0.792. The van der Waals surface area contributed by atoms with E-state index in [4.69, 9.17) is 19.1 Å². The van der Waals surface area contributed by atoms with E-state index in [1.54, 1.807) is 12.1 Å². The molecule has 1 spiro atoms. The van der Waals surface area contributed by atoms with E-state index in [9.17, 15) is 4.39 Å². The standard InChI is InChI=1S/C18H23FN4O2.CH2O2/c1-22-7-8-23(13-18(22)5-9-24-10-6-18)12-16-20-21-17(25-16)14-3-2-4-15(19)11-14;2-1-3/h2-4,11H,5-10,12-13H2,1H3;1H,(H,2,3). The highest BCUT2D eigenvalue weighted by Gasteiger charge is 2.41. The van der Waals surface area contributed by atoms with Gasteiger partial charge in [0.2, 0.25) is 11.8 Å². The van der Waals surface area contributed by atoms with Crippen molar-refractivity contribution >= 4 is 6.47 Å². The first-order chi connectivity index (χ1) is 13.6. The minimum Gasteiger partial charge on any atom is -0.483 e. The average Bonchev–Trinajstić information content (AvgIpc) is 3.15. The molecule has 0 atom stereocenters. The average molecular weight is 392 g/mol. The van der Waals surface area contributed by atoms with E-state index in [2.05, 4.69) is 27.0 Å². The lowest BCUT2D eigenvalue weighted by atomic mass is 9.86. The van der Waals surface area contributed by atoms with Crippen molar-refractivity contribution in [1.29, 1.82) is 0 Å². The van der Waals surface area contributed by atoms with Crippen molar-refractivity contribution in [3.8, 4) is 11.5 Å². The summed E-state index contributed by atoms with van der Waals surface area (Å²) in [6.07, 6.45) is 2.11. The summed E-state index contributed by atoms with van der Waals surface area (Å²) in [6, 6.07) is 6.22. The molecule has 0 saturated carbocycles. The summed E-state index contributed by atoms with van der Waals surface area (Å²) in [6.45, 7) is 4.98. The quantitative estimate of drug-likeness (QED) is 0.792. The van der Waals surface area contributed by atoms with Crippen molar-refractivity contribution in [2.45, 2.75) is 24.9 Å². The molecule has 1 aromatic heterocycles. The molecule has 1 aromatic carbocycles. The van der Waals surface area contributed by atoms with Gasteiger partial charge < -0.3 is 14.3 Å². The molecule has 0 unspecified atom stereocenters.